The van der Waals surface area contributed by atoms with Gasteiger partial charge in [-0.3, -0.25) is 4.79 Å². The molecule has 0 fully saturated rings. The standard InChI is InChI=1S/C12H15FO3S/c1-15-5-6-17-10-4-3-9(11(13)8-10)7-12(14)16-2/h3-4,8H,5-7H2,1-2H3. The lowest BCUT2D eigenvalue weighted by Gasteiger charge is -2.05. The van der Waals surface area contributed by atoms with E-state index in [1.54, 1.807) is 19.2 Å². The summed E-state index contributed by atoms with van der Waals surface area (Å²) in [5.41, 5.74) is 0.355. The first-order valence-electron chi connectivity index (χ1n) is 5.14. The Morgan fingerprint density at radius 3 is 2.76 bits per heavy atom. The van der Waals surface area contributed by atoms with Crippen molar-refractivity contribution in [2.24, 2.45) is 0 Å². The van der Waals surface area contributed by atoms with Crippen LogP contribution in [0.3, 0.4) is 0 Å². The monoisotopic (exact) mass is 258 g/mol. The number of hydrogen-bond donors (Lipinski definition) is 0. The third-order valence-electron chi connectivity index (χ3n) is 2.14. The third-order valence-corrected chi connectivity index (χ3v) is 3.10. The molecular weight excluding hydrogens is 243 g/mol. The van der Waals surface area contributed by atoms with Crippen LogP contribution in [0.25, 0.3) is 0 Å². The van der Waals surface area contributed by atoms with Gasteiger partial charge in [0, 0.05) is 17.8 Å². The normalized spacial score (nSPS) is 10.3. The second kappa shape index (κ2) is 7.29. The molecule has 5 heteroatoms. The van der Waals surface area contributed by atoms with E-state index in [1.807, 2.05) is 0 Å². The van der Waals surface area contributed by atoms with Crippen LogP contribution in [-0.2, 0) is 20.7 Å². The summed E-state index contributed by atoms with van der Waals surface area (Å²) in [5.74, 6) is -0.0479. The topological polar surface area (TPSA) is 35.5 Å². The van der Waals surface area contributed by atoms with Crippen LogP contribution in [0.15, 0.2) is 23.1 Å². The molecule has 1 aromatic carbocycles. The maximum Gasteiger partial charge on any atom is 0.310 e. The maximum absolute atomic E-state index is 13.6. The number of thioether (sulfide) groups is 1. The largest absolute Gasteiger partial charge is 0.469 e. The highest BCUT2D eigenvalue weighted by Gasteiger charge is 2.09. The van der Waals surface area contributed by atoms with Crippen LogP contribution in [0.4, 0.5) is 4.39 Å². The number of rotatable bonds is 6. The molecule has 0 amide bonds. The van der Waals surface area contributed by atoms with Crippen molar-refractivity contribution in [2.75, 3.05) is 26.6 Å². The molecule has 3 nitrogen and oxygen atoms in total. The predicted molar refractivity (Wildman–Crippen MR) is 64.7 cm³/mol. The van der Waals surface area contributed by atoms with Crippen LogP contribution in [0, 0.1) is 5.82 Å². The molecule has 0 atom stereocenters. The molecule has 0 heterocycles. The fourth-order valence-corrected chi connectivity index (χ4v) is 2.07. The Bertz CT molecular complexity index is 382. The summed E-state index contributed by atoms with van der Waals surface area (Å²) in [6.07, 6.45) is -0.0364. The van der Waals surface area contributed by atoms with Gasteiger partial charge in [-0.25, -0.2) is 4.39 Å². The second-order valence-corrected chi connectivity index (χ2v) is 4.52. The van der Waals surface area contributed by atoms with Gasteiger partial charge >= 0.3 is 5.97 Å². The number of carbonyl (C=O) groups is 1. The number of hydrogen-bond acceptors (Lipinski definition) is 4. The van der Waals surface area contributed by atoms with Crippen molar-refractivity contribution >= 4 is 17.7 Å². The Kier molecular flexibility index (Phi) is 6.00. The average Bonchev–Trinajstić information content (AvgIpc) is 2.32. The van der Waals surface area contributed by atoms with E-state index in [-0.39, 0.29) is 12.2 Å². The zero-order valence-corrected chi connectivity index (χ0v) is 10.7. The van der Waals surface area contributed by atoms with Gasteiger partial charge in [-0.2, -0.15) is 0 Å². The van der Waals surface area contributed by atoms with Crippen LogP contribution in [0.2, 0.25) is 0 Å². The van der Waals surface area contributed by atoms with Crippen LogP contribution in [0.5, 0.6) is 0 Å². The Morgan fingerprint density at radius 1 is 1.41 bits per heavy atom. The molecule has 0 saturated carbocycles. The summed E-state index contributed by atoms with van der Waals surface area (Å²) in [6.45, 7) is 0.621. The molecule has 1 aromatic rings. The number of ether oxygens (including phenoxy) is 2. The van der Waals surface area contributed by atoms with Crippen molar-refractivity contribution < 1.29 is 18.7 Å². The summed E-state index contributed by atoms with van der Waals surface area (Å²) < 4.78 is 23.0. The van der Waals surface area contributed by atoms with Crippen LogP contribution in [0.1, 0.15) is 5.56 Å². The fourth-order valence-electron chi connectivity index (χ4n) is 1.23. The van der Waals surface area contributed by atoms with Gasteiger partial charge in [-0.05, 0) is 17.7 Å². The number of esters is 1. The molecule has 0 bridgehead atoms. The van der Waals surface area contributed by atoms with Gasteiger partial charge in [0.25, 0.3) is 0 Å². The van der Waals surface area contributed by atoms with E-state index in [9.17, 15) is 9.18 Å². The van der Waals surface area contributed by atoms with Gasteiger partial charge in [0.2, 0.25) is 0 Å². The minimum absolute atomic E-state index is 0.0364. The van der Waals surface area contributed by atoms with E-state index >= 15 is 0 Å². The van der Waals surface area contributed by atoms with Crippen molar-refractivity contribution in [3.63, 3.8) is 0 Å². The zero-order chi connectivity index (χ0) is 12.7. The maximum atomic E-state index is 13.6. The average molecular weight is 258 g/mol. The quantitative estimate of drug-likeness (QED) is 0.445. The second-order valence-electron chi connectivity index (χ2n) is 3.35. The number of halogens is 1. The first-order valence-corrected chi connectivity index (χ1v) is 6.13. The van der Waals surface area contributed by atoms with E-state index in [4.69, 9.17) is 4.74 Å². The molecule has 0 unspecified atom stereocenters. The minimum Gasteiger partial charge on any atom is -0.469 e. The zero-order valence-electron chi connectivity index (χ0n) is 9.86. The molecule has 0 aliphatic carbocycles. The van der Waals surface area contributed by atoms with Crippen molar-refractivity contribution in [3.8, 4) is 0 Å². The summed E-state index contributed by atoms with van der Waals surface area (Å²) in [7, 11) is 2.91. The third kappa shape index (κ3) is 4.75. The van der Waals surface area contributed by atoms with Crippen LogP contribution < -0.4 is 0 Å². The van der Waals surface area contributed by atoms with Gasteiger partial charge in [0.15, 0.2) is 0 Å². The summed E-state index contributed by atoms with van der Waals surface area (Å²) >= 11 is 1.51. The number of benzene rings is 1. The molecule has 0 aromatic heterocycles. The molecule has 1 rings (SSSR count). The number of methoxy groups -OCH3 is 2. The molecule has 0 N–H and O–H groups in total. The van der Waals surface area contributed by atoms with Gasteiger partial charge in [-0.1, -0.05) is 6.07 Å². The van der Waals surface area contributed by atoms with Gasteiger partial charge in [-0.15, -0.1) is 11.8 Å². The first-order chi connectivity index (χ1) is 8.17. The predicted octanol–water partition coefficient (Wildman–Crippen LogP) is 2.28. The highest BCUT2D eigenvalue weighted by atomic mass is 32.2. The Balaban J connectivity index is 2.62. The molecule has 0 radical (unpaired) electrons. The highest BCUT2D eigenvalue weighted by Crippen LogP contribution is 2.21. The Labute approximate surface area is 104 Å². The highest BCUT2D eigenvalue weighted by molar-refractivity contribution is 7.99. The van der Waals surface area contributed by atoms with Crippen molar-refractivity contribution in [2.45, 2.75) is 11.3 Å². The van der Waals surface area contributed by atoms with Gasteiger partial charge in [0.1, 0.15) is 5.82 Å². The van der Waals surface area contributed by atoms with E-state index in [2.05, 4.69) is 4.74 Å². The minimum atomic E-state index is -0.441. The van der Waals surface area contributed by atoms with Crippen molar-refractivity contribution in [3.05, 3.63) is 29.6 Å². The van der Waals surface area contributed by atoms with E-state index < -0.39 is 5.97 Å². The van der Waals surface area contributed by atoms with Crippen LogP contribution >= 0.6 is 11.8 Å². The van der Waals surface area contributed by atoms with Gasteiger partial charge in [0.05, 0.1) is 20.1 Å². The molecular formula is C12H15FO3S. The SMILES string of the molecule is COCCSc1ccc(CC(=O)OC)c(F)c1. The smallest absolute Gasteiger partial charge is 0.310 e. The molecule has 0 aliphatic heterocycles. The summed E-state index contributed by atoms with van der Waals surface area (Å²) in [4.78, 5) is 11.8. The molecule has 17 heavy (non-hydrogen) atoms. The van der Waals surface area contributed by atoms with Crippen molar-refractivity contribution in [1.29, 1.82) is 0 Å². The van der Waals surface area contributed by atoms with Crippen LogP contribution in [-0.4, -0.2) is 32.5 Å². The lowest BCUT2D eigenvalue weighted by Crippen LogP contribution is -2.06. The fraction of sp³-hybridized carbons (Fsp3) is 0.417. The Morgan fingerprint density at radius 2 is 2.18 bits per heavy atom. The molecule has 0 spiro atoms. The number of carbonyl (C=O) groups excluding carboxylic acids is 1. The lowest BCUT2D eigenvalue weighted by atomic mass is 10.1. The molecule has 0 saturated heterocycles. The van der Waals surface area contributed by atoms with E-state index in [0.29, 0.717) is 12.2 Å². The summed E-state index contributed by atoms with van der Waals surface area (Å²) in [6, 6.07) is 4.83. The van der Waals surface area contributed by atoms with E-state index in [1.165, 1.54) is 24.9 Å². The van der Waals surface area contributed by atoms with Crippen molar-refractivity contribution in [1.82, 2.24) is 0 Å². The summed E-state index contributed by atoms with van der Waals surface area (Å²) in [5, 5.41) is 0. The first kappa shape index (κ1) is 14.0. The lowest BCUT2D eigenvalue weighted by molar-refractivity contribution is -0.139. The molecule has 94 valence electrons. The molecule has 0 aliphatic rings. The van der Waals surface area contributed by atoms with Gasteiger partial charge < -0.3 is 9.47 Å². The Hall–Kier alpha value is -1.07. The van der Waals surface area contributed by atoms with E-state index in [0.717, 1.165) is 10.6 Å².